The number of hydrogen-bond acceptors (Lipinski definition) is 3. The standard InChI is InChI=1S/C8H17NO2/c1-7(6-11)8(2)9(3)4-5-10/h6-8,10H,4-5H2,1-3H3/t7-,8?/m1/s1. The van der Waals surface area contributed by atoms with Crippen LogP contribution < -0.4 is 0 Å². The van der Waals surface area contributed by atoms with Crippen LogP contribution in [0.5, 0.6) is 0 Å². The molecule has 11 heavy (non-hydrogen) atoms. The van der Waals surface area contributed by atoms with Crippen LogP contribution in [0.1, 0.15) is 13.8 Å². The molecule has 3 nitrogen and oxygen atoms in total. The first-order valence-electron chi connectivity index (χ1n) is 3.89. The Balaban J connectivity index is 3.79. The van der Waals surface area contributed by atoms with Crippen molar-refractivity contribution in [2.75, 3.05) is 20.2 Å². The lowest BCUT2D eigenvalue weighted by atomic mass is 10.1. The fourth-order valence-electron chi connectivity index (χ4n) is 0.876. The predicted molar refractivity (Wildman–Crippen MR) is 44.4 cm³/mol. The summed E-state index contributed by atoms with van der Waals surface area (Å²) in [7, 11) is 1.90. The Bertz CT molecular complexity index is 117. The molecule has 0 spiro atoms. The molecule has 0 rings (SSSR count). The van der Waals surface area contributed by atoms with Crippen LogP contribution in [0.25, 0.3) is 0 Å². The van der Waals surface area contributed by atoms with Crippen molar-refractivity contribution >= 4 is 6.29 Å². The molecule has 0 aliphatic heterocycles. The van der Waals surface area contributed by atoms with Gasteiger partial charge in [0.15, 0.2) is 0 Å². The Morgan fingerprint density at radius 1 is 1.55 bits per heavy atom. The molecule has 3 heteroatoms. The fraction of sp³-hybridized carbons (Fsp3) is 0.875. The lowest BCUT2D eigenvalue weighted by molar-refractivity contribution is -0.112. The molecule has 0 aromatic rings. The highest BCUT2D eigenvalue weighted by Gasteiger charge is 2.14. The van der Waals surface area contributed by atoms with E-state index in [4.69, 9.17) is 5.11 Å². The van der Waals surface area contributed by atoms with Crippen molar-refractivity contribution in [2.45, 2.75) is 19.9 Å². The molecule has 0 heterocycles. The van der Waals surface area contributed by atoms with Gasteiger partial charge in [-0.3, -0.25) is 0 Å². The molecule has 0 bridgehead atoms. The van der Waals surface area contributed by atoms with E-state index in [-0.39, 0.29) is 18.6 Å². The Morgan fingerprint density at radius 3 is 2.45 bits per heavy atom. The average molecular weight is 159 g/mol. The molecule has 0 aliphatic carbocycles. The Hall–Kier alpha value is -0.410. The minimum absolute atomic E-state index is 0.0338. The second kappa shape index (κ2) is 5.27. The molecule has 0 fully saturated rings. The minimum Gasteiger partial charge on any atom is -0.395 e. The Morgan fingerprint density at radius 2 is 2.09 bits per heavy atom. The Labute approximate surface area is 68.0 Å². The lowest BCUT2D eigenvalue weighted by Crippen LogP contribution is -2.36. The first-order valence-corrected chi connectivity index (χ1v) is 3.89. The van der Waals surface area contributed by atoms with E-state index in [1.54, 1.807) is 0 Å². The summed E-state index contributed by atoms with van der Waals surface area (Å²) in [6.45, 7) is 4.63. The molecule has 0 saturated heterocycles. The molecule has 0 amide bonds. The predicted octanol–water partition coefficient (Wildman–Crippen LogP) is 0.134. The van der Waals surface area contributed by atoms with Crippen molar-refractivity contribution in [3.63, 3.8) is 0 Å². The van der Waals surface area contributed by atoms with Gasteiger partial charge in [-0.2, -0.15) is 0 Å². The molecule has 0 aromatic heterocycles. The third-order valence-corrected chi connectivity index (χ3v) is 2.12. The number of aldehydes is 1. The maximum atomic E-state index is 10.4. The molecule has 1 N–H and O–H groups in total. The molecular weight excluding hydrogens is 142 g/mol. The first-order chi connectivity index (χ1) is 5.13. The van der Waals surface area contributed by atoms with Gasteiger partial charge in [-0.15, -0.1) is 0 Å². The SMILES string of the molecule is CC([C@H](C)C=O)N(C)CCO. The summed E-state index contributed by atoms with van der Waals surface area (Å²) in [5, 5.41) is 8.61. The number of hydrogen-bond donors (Lipinski definition) is 1. The molecule has 0 aliphatic rings. The van der Waals surface area contributed by atoms with Gasteiger partial charge in [0.05, 0.1) is 6.61 Å². The third-order valence-electron chi connectivity index (χ3n) is 2.12. The van der Waals surface area contributed by atoms with Gasteiger partial charge in [-0.25, -0.2) is 0 Å². The number of aliphatic hydroxyl groups excluding tert-OH is 1. The Kier molecular flexibility index (Phi) is 5.07. The zero-order valence-electron chi connectivity index (χ0n) is 7.45. The largest absolute Gasteiger partial charge is 0.395 e. The van der Waals surface area contributed by atoms with E-state index in [2.05, 4.69) is 0 Å². The second-order valence-electron chi connectivity index (χ2n) is 2.94. The smallest absolute Gasteiger partial charge is 0.124 e. The van der Waals surface area contributed by atoms with Crippen LogP contribution in [0.4, 0.5) is 0 Å². The van der Waals surface area contributed by atoms with Gasteiger partial charge in [0.2, 0.25) is 0 Å². The van der Waals surface area contributed by atoms with Crippen molar-refractivity contribution in [1.82, 2.24) is 4.90 Å². The monoisotopic (exact) mass is 159 g/mol. The summed E-state index contributed by atoms with van der Waals surface area (Å²) in [6.07, 6.45) is 0.943. The van der Waals surface area contributed by atoms with Crippen LogP contribution >= 0.6 is 0 Å². The van der Waals surface area contributed by atoms with Gasteiger partial charge in [-0.1, -0.05) is 6.92 Å². The first kappa shape index (κ1) is 10.6. The van der Waals surface area contributed by atoms with Crippen LogP contribution in [-0.4, -0.2) is 42.5 Å². The van der Waals surface area contributed by atoms with E-state index in [0.29, 0.717) is 6.54 Å². The number of nitrogens with zero attached hydrogens (tertiary/aromatic N) is 1. The van der Waals surface area contributed by atoms with Crippen molar-refractivity contribution < 1.29 is 9.90 Å². The van der Waals surface area contributed by atoms with Crippen LogP contribution in [0, 0.1) is 5.92 Å². The van der Waals surface area contributed by atoms with Crippen LogP contribution in [0.3, 0.4) is 0 Å². The molecule has 1 unspecified atom stereocenters. The van der Waals surface area contributed by atoms with Crippen LogP contribution in [0.15, 0.2) is 0 Å². The van der Waals surface area contributed by atoms with E-state index in [1.807, 2.05) is 25.8 Å². The van der Waals surface area contributed by atoms with Crippen molar-refractivity contribution in [3.05, 3.63) is 0 Å². The highest BCUT2D eigenvalue weighted by atomic mass is 16.3. The third kappa shape index (κ3) is 3.49. The fourth-order valence-corrected chi connectivity index (χ4v) is 0.876. The summed E-state index contributed by atoms with van der Waals surface area (Å²) < 4.78 is 0. The summed E-state index contributed by atoms with van der Waals surface area (Å²) in [6, 6.07) is 0.208. The molecule has 2 atom stereocenters. The van der Waals surface area contributed by atoms with Crippen LogP contribution in [0.2, 0.25) is 0 Å². The maximum Gasteiger partial charge on any atom is 0.124 e. The summed E-state index contributed by atoms with van der Waals surface area (Å²) >= 11 is 0. The highest BCUT2D eigenvalue weighted by Crippen LogP contribution is 2.05. The quantitative estimate of drug-likeness (QED) is 0.580. The zero-order chi connectivity index (χ0) is 8.85. The van der Waals surface area contributed by atoms with Gasteiger partial charge < -0.3 is 14.8 Å². The normalized spacial score (nSPS) is 16.5. The van der Waals surface area contributed by atoms with E-state index in [0.717, 1.165) is 6.29 Å². The van der Waals surface area contributed by atoms with Gasteiger partial charge in [0.25, 0.3) is 0 Å². The number of likely N-dealkylation sites (N-methyl/N-ethyl adjacent to an activating group) is 1. The molecule has 66 valence electrons. The average Bonchev–Trinajstić information content (AvgIpc) is 2.02. The summed E-state index contributed by atoms with van der Waals surface area (Å²) in [4.78, 5) is 12.3. The molecular formula is C8H17NO2. The number of rotatable bonds is 5. The van der Waals surface area contributed by atoms with Crippen molar-refractivity contribution in [1.29, 1.82) is 0 Å². The van der Waals surface area contributed by atoms with E-state index >= 15 is 0 Å². The molecule has 0 radical (unpaired) electrons. The van der Waals surface area contributed by atoms with Gasteiger partial charge in [0.1, 0.15) is 6.29 Å². The summed E-state index contributed by atoms with van der Waals surface area (Å²) in [5.74, 6) is 0.0338. The van der Waals surface area contributed by atoms with Crippen molar-refractivity contribution in [2.24, 2.45) is 5.92 Å². The number of carbonyl (C=O) groups is 1. The van der Waals surface area contributed by atoms with Crippen molar-refractivity contribution in [3.8, 4) is 0 Å². The minimum atomic E-state index is 0.0338. The second-order valence-corrected chi connectivity index (χ2v) is 2.94. The summed E-state index contributed by atoms with van der Waals surface area (Å²) in [5.41, 5.74) is 0. The molecule has 0 aromatic carbocycles. The van der Waals surface area contributed by atoms with E-state index < -0.39 is 0 Å². The number of carbonyl (C=O) groups excluding carboxylic acids is 1. The van der Waals surface area contributed by atoms with Gasteiger partial charge >= 0.3 is 0 Å². The topological polar surface area (TPSA) is 40.5 Å². The van der Waals surface area contributed by atoms with Gasteiger partial charge in [0, 0.05) is 18.5 Å². The lowest BCUT2D eigenvalue weighted by Gasteiger charge is -2.25. The molecule has 0 saturated carbocycles. The number of aliphatic hydroxyl groups is 1. The maximum absolute atomic E-state index is 10.4. The van der Waals surface area contributed by atoms with Gasteiger partial charge in [-0.05, 0) is 14.0 Å². The highest BCUT2D eigenvalue weighted by molar-refractivity contribution is 5.53. The zero-order valence-corrected chi connectivity index (χ0v) is 7.45. The van der Waals surface area contributed by atoms with E-state index in [1.165, 1.54) is 0 Å². The van der Waals surface area contributed by atoms with Crippen LogP contribution in [-0.2, 0) is 4.79 Å². The van der Waals surface area contributed by atoms with E-state index in [9.17, 15) is 4.79 Å².